The van der Waals surface area contributed by atoms with Crippen molar-refractivity contribution in [1.29, 1.82) is 0 Å². The maximum absolute atomic E-state index is 11.9. The number of nitrogens with one attached hydrogen (secondary N) is 1. The smallest absolute Gasteiger partial charge is 0.341 e. The summed E-state index contributed by atoms with van der Waals surface area (Å²) in [7, 11) is 0. The topological polar surface area (TPSA) is 235 Å². The maximum atomic E-state index is 11.9. The normalized spacial score (nSPS) is 11.0. The molecule has 0 fully saturated rings. The molecule has 0 saturated carbocycles. The molecular formula is C18H30N4O12. The van der Waals surface area contributed by atoms with Crippen molar-refractivity contribution in [3.05, 3.63) is 0 Å². The molecule has 0 aromatic heterocycles. The van der Waals surface area contributed by atoms with E-state index in [1.165, 1.54) is 9.80 Å². The van der Waals surface area contributed by atoms with Crippen molar-refractivity contribution in [3.8, 4) is 0 Å². The van der Waals surface area contributed by atoms with Crippen molar-refractivity contribution >= 4 is 35.8 Å². The molecule has 0 bridgehead atoms. The Morgan fingerprint density at radius 1 is 0.559 bits per heavy atom. The predicted octanol–water partition coefficient (Wildman–Crippen LogP) is -3.55. The summed E-state index contributed by atoms with van der Waals surface area (Å²) in [6.45, 7) is -2.60. The Kier molecular flexibility index (Phi) is 15.5. The van der Waals surface area contributed by atoms with Crippen molar-refractivity contribution in [1.82, 2.24) is 20.0 Å². The number of hydrogen-bond donors (Lipinski definition) is 6. The molecule has 0 unspecified atom stereocenters. The van der Waals surface area contributed by atoms with Crippen molar-refractivity contribution < 1.29 is 59.0 Å². The van der Waals surface area contributed by atoms with Crippen LogP contribution in [0.25, 0.3) is 0 Å². The monoisotopic (exact) mass is 494 g/mol. The van der Waals surface area contributed by atoms with E-state index in [0.29, 0.717) is 0 Å². The highest BCUT2D eigenvalue weighted by molar-refractivity contribution is 5.76. The van der Waals surface area contributed by atoms with Gasteiger partial charge in [-0.15, -0.1) is 0 Å². The Labute approximate surface area is 194 Å². The van der Waals surface area contributed by atoms with Crippen LogP contribution in [0.1, 0.15) is 0 Å². The number of carbonyl (C=O) groups is 6. The van der Waals surface area contributed by atoms with Gasteiger partial charge in [-0.05, 0) is 0 Å². The van der Waals surface area contributed by atoms with Crippen LogP contribution in [0.3, 0.4) is 0 Å². The molecule has 16 nitrogen and oxygen atoms in total. The van der Waals surface area contributed by atoms with E-state index < -0.39 is 62.1 Å². The van der Waals surface area contributed by atoms with E-state index in [1.54, 1.807) is 0 Å². The lowest BCUT2D eigenvalue weighted by atomic mass is 10.3. The number of carboxylic acid groups (broad SMARTS) is 5. The third-order valence-corrected chi connectivity index (χ3v) is 4.13. The average molecular weight is 494 g/mol. The van der Waals surface area contributed by atoms with Crippen LogP contribution in [-0.4, -0.2) is 155 Å². The molecule has 0 saturated heterocycles. The first kappa shape index (κ1) is 30.7. The van der Waals surface area contributed by atoms with Gasteiger partial charge < -0.3 is 35.6 Å². The molecule has 0 aliphatic heterocycles. The molecule has 0 aromatic rings. The summed E-state index contributed by atoms with van der Waals surface area (Å²) >= 11 is 0. The van der Waals surface area contributed by atoms with Gasteiger partial charge in [0, 0.05) is 39.3 Å². The number of rotatable bonds is 21. The minimum atomic E-state index is -1.34. The summed E-state index contributed by atoms with van der Waals surface area (Å²) in [5.74, 6) is -6.95. The summed E-state index contributed by atoms with van der Waals surface area (Å²) in [5, 5.41) is 46.9. The fraction of sp³-hybridized carbons (Fsp3) is 0.667. The zero-order valence-electron chi connectivity index (χ0n) is 18.4. The van der Waals surface area contributed by atoms with Crippen LogP contribution < -0.4 is 5.32 Å². The van der Waals surface area contributed by atoms with Gasteiger partial charge in [-0.25, -0.2) is 4.79 Å². The summed E-state index contributed by atoms with van der Waals surface area (Å²) < 4.78 is 4.58. The van der Waals surface area contributed by atoms with E-state index in [1.807, 2.05) is 0 Å². The Balaban J connectivity index is 5.05. The second-order valence-corrected chi connectivity index (χ2v) is 7.07. The number of nitrogens with zero attached hydrogens (tertiary/aromatic N) is 3. The van der Waals surface area contributed by atoms with Crippen LogP contribution >= 0.6 is 0 Å². The van der Waals surface area contributed by atoms with Gasteiger partial charge in [-0.2, -0.15) is 0 Å². The van der Waals surface area contributed by atoms with Crippen LogP contribution in [0.5, 0.6) is 0 Å². The molecule has 0 heterocycles. The van der Waals surface area contributed by atoms with Gasteiger partial charge in [-0.3, -0.25) is 38.7 Å². The van der Waals surface area contributed by atoms with Crippen LogP contribution in [0.15, 0.2) is 0 Å². The van der Waals surface area contributed by atoms with E-state index in [4.69, 9.17) is 25.5 Å². The molecule has 0 aliphatic rings. The first-order valence-electron chi connectivity index (χ1n) is 10.0. The van der Waals surface area contributed by atoms with Crippen molar-refractivity contribution in [2.24, 2.45) is 0 Å². The lowest BCUT2D eigenvalue weighted by Gasteiger charge is -2.28. The molecule has 0 spiro atoms. The van der Waals surface area contributed by atoms with Gasteiger partial charge in [0.15, 0.2) is 6.61 Å². The van der Waals surface area contributed by atoms with E-state index in [9.17, 15) is 28.8 Å². The van der Waals surface area contributed by atoms with Gasteiger partial charge in [0.25, 0.3) is 0 Å². The number of aliphatic carboxylic acids is 5. The summed E-state index contributed by atoms with van der Waals surface area (Å²) in [4.78, 5) is 70.1. The first-order valence-corrected chi connectivity index (χ1v) is 10.0. The molecule has 0 amide bonds. The standard InChI is InChI=1S/C18H30N4O12/c23-13(24)7-19-1-2-20(11-18(33)34-12-17(31)32)3-4-21(8-14(25)26)5-6-22(9-15(27)28)10-16(29)30/h19H,1-12H2,(H,23,24)(H,25,26)(H,27,28)(H,29,30)(H,31,32). The quantitative estimate of drug-likeness (QED) is 0.0669. The van der Waals surface area contributed by atoms with Crippen molar-refractivity contribution in [2.45, 2.75) is 0 Å². The third kappa shape index (κ3) is 18.3. The first-order chi connectivity index (χ1) is 15.9. The third-order valence-electron chi connectivity index (χ3n) is 4.13. The zero-order valence-corrected chi connectivity index (χ0v) is 18.4. The number of ether oxygens (including phenoxy) is 1. The Morgan fingerprint density at radius 3 is 1.44 bits per heavy atom. The average Bonchev–Trinajstić information content (AvgIpc) is 2.69. The molecule has 6 N–H and O–H groups in total. The number of carboxylic acids is 5. The summed E-state index contributed by atoms with van der Waals surface area (Å²) in [6, 6.07) is 0. The molecule has 0 aromatic carbocycles. The predicted molar refractivity (Wildman–Crippen MR) is 111 cm³/mol. The van der Waals surface area contributed by atoms with E-state index in [0.717, 1.165) is 4.90 Å². The number of hydrogen-bond acceptors (Lipinski definition) is 11. The van der Waals surface area contributed by atoms with Gasteiger partial charge in [-0.1, -0.05) is 0 Å². The highest BCUT2D eigenvalue weighted by Gasteiger charge is 2.19. The van der Waals surface area contributed by atoms with Crippen LogP contribution in [0.2, 0.25) is 0 Å². The van der Waals surface area contributed by atoms with Crippen LogP contribution in [0.4, 0.5) is 0 Å². The highest BCUT2D eigenvalue weighted by atomic mass is 16.5. The van der Waals surface area contributed by atoms with E-state index in [-0.39, 0.29) is 52.4 Å². The molecule has 0 atom stereocenters. The largest absolute Gasteiger partial charge is 0.480 e. The van der Waals surface area contributed by atoms with E-state index >= 15 is 0 Å². The Morgan fingerprint density at radius 2 is 1.00 bits per heavy atom. The van der Waals surface area contributed by atoms with Gasteiger partial charge in [0.1, 0.15) is 0 Å². The Hall–Kier alpha value is -3.34. The number of carbonyl (C=O) groups excluding carboxylic acids is 1. The van der Waals surface area contributed by atoms with Gasteiger partial charge >= 0.3 is 35.8 Å². The molecule has 194 valence electrons. The fourth-order valence-electron chi connectivity index (χ4n) is 2.70. The Bertz CT molecular complexity index is 699. The minimum Gasteiger partial charge on any atom is -0.480 e. The second kappa shape index (κ2) is 17.2. The molecule has 0 aliphatic carbocycles. The zero-order chi connectivity index (χ0) is 26.1. The molecule has 0 radical (unpaired) electrons. The van der Waals surface area contributed by atoms with Crippen LogP contribution in [-0.2, 0) is 33.5 Å². The van der Waals surface area contributed by atoms with Crippen molar-refractivity contribution in [3.63, 3.8) is 0 Å². The van der Waals surface area contributed by atoms with Crippen molar-refractivity contribution in [2.75, 3.05) is 78.6 Å². The molecule has 34 heavy (non-hydrogen) atoms. The lowest BCUT2D eigenvalue weighted by Crippen LogP contribution is -2.46. The second-order valence-electron chi connectivity index (χ2n) is 7.07. The lowest BCUT2D eigenvalue weighted by molar-refractivity contribution is -0.155. The highest BCUT2D eigenvalue weighted by Crippen LogP contribution is 1.98. The number of esters is 1. The molecule has 0 rings (SSSR count). The summed E-state index contributed by atoms with van der Waals surface area (Å²) in [5.41, 5.74) is 0. The SMILES string of the molecule is O=C(O)CNCCN(CCN(CCN(CC(=O)O)CC(=O)O)CC(=O)O)CC(=O)OCC(=O)O. The molecular weight excluding hydrogens is 464 g/mol. The van der Waals surface area contributed by atoms with E-state index in [2.05, 4.69) is 10.1 Å². The maximum Gasteiger partial charge on any atom is 0.341 e. The van der Waals surface area contributed by atoms with Gasteiger partial charge in [0.05, 0.1) is 32.7 Å². The minimum absolute atomic E-state index is 0.0153. The fourth-order valence-corrected chi connectivity index (χ4v) is 2.70. The van der Waals surface area contributed by atoms with Crippen LogP contribution in [0, 0.1) is 0 Å². The van der Waals surface area contributed by atoms with Gasteiger partial charge in [0.2, 0.25) is 0 Å². The molecule has 16 heteroatoms. The summed E-state index contributed by atoms with van der Waals surface area (Å²) in [6.07, 6.45) is 0.